The zero-order valence-electron chi connectivity index (χ0n) is 17.8. The maximum Gasteiger partial charge on any atom is 2.00 e. The molecule has 0 N–H and O–H groups in total. The van der Waals surface area contributed by atoms with Crippen LogP contribution in [0.4, 0.5) is 0 Å². The largest absolute Gasteiger partial charge is 2.00 e. The summed E-state index contributed by atoms with van der Waals surface area (Å²) >= 11 is 0. The molecule has 6 radical (unpaired) electrons. The Bertz CT molecular complexity index is 843. The molecule has 1 fully saturated rings. The molecule has 0 aliphatic heterocycles. The summed E-state index contributed by atoms with van der Waals surface area (Å²) < 4.78 is 88.3. The summed E-state index contributed by atoms with van der Waals surface area (Å²) in [5.74, 6) is 0. The molecule has 42 heavy (non-hydrogen) atoms. The van der Waals surface area contributed by atoms with Gasteiger partial charge in [0, 0.05) is 0 Å². The van der Waals surface area contributed by atoms with Crippen LogP contribution in [-0.2, 0) is 157 Å². The molecule has 0 aromatic rings. The molecule has 270 valence electrons. The van der Waals surface area contributed by atoms with Gasteiger partial charge in [-0.1, -0.05) is 0 Å². The number of hydrogen-bond acceptors (Lipinski definition) is 24. The van der Waals surface area contributed by atoms with Crippen LogP contribution in [0.1, 0.15) is 0 Å². The van der Waals surface area contributed by atoms with Crippen molar-refractivity contribution in [3.05, 3.63) is 0 Å². The molecule has 0 amide bonds. The third-order valence-electron chi connectivity index (χ3n) is 3.45. The Morgan fingerprint density at radius 1 is 0.262 bits per heavy atom. The smallest absolute Gasteiger partial charge is 0.790 e. The molecule has 0 unspecified atom stereocenters. The number of hydrogen-bond donors (Lipinski definition) is 0. The molecule has 0 heterocycles. The third kappa shape index (κ3) is 24.0. The van der Waals surface area contributed by atoms with E-state index in [1.165, 1.54) is 0 Å². The van der Waals surface area contributed by atoms with Crippen LogP contribution < -0.4 is 58.7 Å². The monoisotopic (exact) mass is 1030 g/mol. The van der Waals surface area contributed by atoms with Crippen LogP contribution in [0.5, 0.6) is 0 Å². The van der Waals surface area contributed by atoms with Gasteiger partial charge in [0.05, 0.1) is 46.9 Å². The summed E-state index contributed by atoms with van der Waals surface area (Å²) in [6.45, 7) is 0. The van der Waals surface area contributed by atoms with Crippen molar-refractivity contribution in [2.75, 3.05) is 0 Å². The van der Waals surface area contributed by atoms with E-state index in [4.69, 9.17) is 0 Å². The fourth-order valence-electron chi connectivity index (χ4n) is 2.74. The van der Waals surface area contributed by atoms with E-state index < -0.39 is 83.6 Å². The Balaban J connectivity index is -0.000000540. The van der Waals surface area contributed by atoms with Gasteiger partial charge in [0.25, 0.3) is 0 Å². The first-order chi connectivity index (χ1) is 15.6. The number of phosphoric ester groups is 6. The van der Waals surface area contributed by atoms with Gasteiger partial charge in [-0.25, -0.2) is 0 Å². The van der Waals surface area contributed by atoms with Gasteiger partial charge in [-0.2, -0.15) is 0 Å². The summed E-state index contributed by atoms with van der Waals surface area (Å²) in [6, 6.07) is 0. The van der Waals surface area contributed by atoms with Crippen LogP contribution >= 0.6 is 46.9 Å². The molecular formula is C6H6Cu6O24P6. The van der Waals surface area contributed by atoms with Gasteiger partial charge in [0.2, 0.25) is 0 Å². The van der Waals surface area contributed by atoms with E-state index in [0.717, 1.165) is 0 Å². The molecule has 36 heteroatoms. The minimum Gasteiger partial charge on any atom is -0.790 e. The predicted octanol–water partition coefficient (Wildman–Crippen LogP) is -10.7. The molecule has 24 nitrogen and oxygen atoms in total. The zero-order valence-corrected chi connectivity index (χ0v) is 28.8. The van der Waals surface area contributed by atoms with Crippen molar-refractivity contribution in [2.45, 2.75) is 36.6 Å². The van der Waals surface area contributed by atoms with Crippen LogP contribution in [0.15, 0.2) is 0 Å². The van der Waals surface area contributed by atoms with Crippen molar-refractivity contribution in [3.63, 3.8) is 0 Å². The Morgan fingerprint density at radius 2 is 0.333 bits per heavy atom. The van der Waals surface area contributed by atoms with Gasteiger partial charge < -0.3 is 113 Å². The normalized spacial score (nSPS) is 25.1. The maximum atomic E-state index is 11.1. The quantitative estimate of drug-likeness (QED) is 0.129. The molecule has 1 rings (SSSR count). The molecular weight excluding hydrogens is 1020 g/mol. The van der Waals surface area contributed by atoms with Crippen molar-refractivity contribution in [3.8, 4) is 0 Å². The van der Waals surface area contributed by atoms with Gasteiger partial charge >= 0.3 is 102 Å². The fourth-order valence-corrected chi connectivity index (χ4v) is 5.96. The Kier molecular flexibility index (Phi) is 29.1. The SMILES string of the molecule is O=P([O-])([O-])OC1C(OP(=O)([O-])[O-])C(OP(=O)([O-])[O-])C(OP(=O)([O-])[O-])C(OP(=O)([O-])[O-])C1OP(=O)([O-])[O-].[Cu+2].[Cu+2].[Cu+2].[Cu+2].[Cu+2].[Cu+2]. The second-order valence-corrected chi connectivity index (χ2v) is 12.7. The zero-order chi connectivity index (χ0) is 28.7. The van der Waals surface area contributed by atoms with Crippen LogP contribution in [0.25, 0.3) is 0 Å². The maximum absolute atomic E-state index is 11.1. The van der Waals surface area contributed by atoms with Crippen molar-refractivity contribution < 1.29 is 216 Å². The average Bonchev–Trinajstić information content (AvgIpc) is 2.51. The number of rotatable bonds is 12. The molecule has 0 atom stereocenters. The first-order valence-electron chi connectivity index (χ1n) is 7.80. The van der Waals surface area contributed by atoms with E-state index in [1.807, 2.05) is 0 Å². The minimum absolute atomic E-state index is 0. The van der Waals surface area contributed by atoms with Crippen molar-refractivity contribution in [2.24, 2.45) is 0 Å². The molecule has 0 aromatic carbocycles. The fraction of sp³-hybridized carbons (Fsp3) is 1.00. The Labute approximate surface area is 297 Å². The molecule has 0 aromatic heterocycles. The van der Waals surface area contributed by atoms with Crippen molar-refractivity contribution >= 4 is 46.9 Å². The first-order valence-corrected chi connectivity index (χ1v) is 16.6. The van der Waals surface area contributed by atoms with E-state index in [1.54, 1.807) is 0 Å². The predicted molar refractivity (Wildman–Crippen MR) is 74.9 cm³/mol. The van der Waals surface area contributed by atoms with Crippen LogP contribution in [0, 0.1) is 0 Å². The van der Waals surface area contributed by atoms with Crippen molar-refractivity contribution in [1.29, 1.82) is 0 Å². The molecule has 1 saturated carbocycles. The van der Waals surface area contributed by atoms with E-state index in [0.29, 0.717) is 0 Å². The van der Waals surface area contributed by atoms with Crippen LogP contribution in [-0.4, -0.2) is 36.6 Å². The van der Waals surface area contributed by atoms with E-state index in [2.05, 4.69) is 27.1 Å². The van der Waals surface area contributed by atoms with E-state index in [-0.39, 0.29) is 102 Å². The van der Waals surface area contributed by atoms with Gasteiger partial charge in [0.15, 0.2) is 0 Å². The van der Waals surface area contributed by atoms with Crippen molar-refractivity contribution in [1.82, 2.24) is 0 Å². The minimum atomic E-state index is -6.68. The summed E-state index contributed by atoms with van der Waals surface area (Å²) in [7, 11) is -40.1. The summed E-state index contributed by atoms with van der Waals surface area (Å²) in [4.78, 5) is 133. The van der Waals surface area contributed by atoms with Gasteiger partial charge in [-0.05, 0) is 0 Å². The molecule has 0 spiro atoms. The van der Waals surface area contributed by atoms with Gasteiger partial charge in [-0.15, -0.1) is 0 Å². The van der Waals surface area contributed by atoms with E-state index in [9.17, 15) is 86.1 Å². The average molecular weight is 1030 g/mol. The molecule has 1 aliphatic rings. The summed E-state index contributed by atoms with van der Waals surface area (Å²) in [5, 5.41) is 0. The topological polar surface area (TPSA) is 435 Å². The van der Waals surface area contributed by atoms with Crippen LogP contribution in [0.3, 0.4) is 0 Å². The standard InChI is InChI=1S/C6H18O24P6.6Cu/c7-31(8,9)25-1-2(26-32(10,11)12)4(28-34(16,17)18)6(30-36(22,23)24)5(29-35(19,20)21)3(1)27-33(13,14)15;;;;;;/h1-6H,(H2,7,8,9)(H2,10,11,12)(H2,13,14,15)(H2,16,17,18)(H2,19,20,21)(H2,22,23,24);;;;;;/q;6*+2/p-12. The van der Waals surface area contributed by atoms with Crippen LogP contribution in [0.2, 0.25) is 0 Å². The molecule has 1 aliphatic carbocycles. The van der Waals surface area contributed by atoms with Gasteiger partial charge in [-0.3, -0.25) is 0 Å². The Hall–Kier alpha value is 3.78. The second-order valence-electron chi connectivity index (χ2n) is 6.10. The summed E-state index contributed by atoms with van der Waals surface area (Å²) in [6.07, 6.45) is -21.5. The van der Waals surface area contributed by atoms with Gasteiger partial charge in [0.1, 0.15) is 36.6 Å². The second kappa shape index (κ2) is 21.1. The number of phosphoric acid groups is 6. The molecule has 0 bridgehead atoms. The molecule has 0 saturated heterocycles. The summed E-state index contributed by atoms with van der Waals surface area (Å²) in [5.41, 5.74) is 0. The van der Waals surface area contributed by atoms with E-state index >= 15 is 0 Å². The Morgan fingerprint density at radius 3 is 0.381 bits per heavy atom. The first kappa shape index (κ1) is 58.0. The third-order valence-corrected chi connectivity index (χ3v) is 6.46.